The van der Waals surface area contributed by atoms with E-state index in [1.54, 1.807) is 31.3 Å². The summed E-state index contributed by atoms with van der Waals surface area (Å²) in [5.41, 5.74) is 6.82. The predicted octanol–water partition coefficient (Wildman–Crippen LogP) is 0.524. The molecule has 1 aromatic heterocycles. The fourth-order valence-electron chi connectivity index (χ4n) is 2.98. The van der Waals surface area contributed by atoms with Crippen molar-refractivity contribution < 1.29 is 19.0 Å². The molecule has 140 valence electrons. The van der Waals surface area contributed by atoms with Gasteiger partial charge in [-0.05, 0) is 6.07 Å². The summed E-state index contributed by atoms with van der Waals surface area (Å²) in [5.74, 6) is 2.07. The molecule has 1 fully saturated rings. The number of carbonyl (C=O) groups excluding carboxylic acids is 1. The molecule has 0 bridgehead atoms. The number of aromatic nitrogens is 2. The molecular weight excluding hydrogens is 338 g/mol. The molecule has 0 atom stereocenters. The maximum absolute atomic E-state index is 11.9. The van der Waals surface area contributed by atoms with Gasteiger partial charge in [-0.15, -0.1) is 0 Å². The Kier molecular flexibility index (Phi) is 5.27. The third kappa shape index (κ3) is 3.43. The fourth-order valence-corrected chi connectivity index (χ4v) is 2.98. The molecule has 2 heterocycles. The van der Waals surface area contributed by atoms with Crippen LogP contribution >= 0.6 is 0 Å². The lowest BCUT2D eigenvalue weighted by Crippen LogP contribution is -2.50. The summed E-state index contributed by atoms with van der Waals surface area (Å²) in [6.45, 7) is 2.55. The number of hydrogen-bond acceptors (Lipinski definition) is 8. The Balaban J connectivity index is 1.84. The summed E-state index contributed by atoms with van der Waals surface area (Å²) in [6, 6.07) is 3.56. The van der Waals surface area contributed by atoms with Crippen LogP contribution in [0, 0.1) is 0 Å². The van der Waals surface area contributed by atoms with Crippen LogP contribution in [-0.4, -0.2) is 74.9 Å². The molecule has 1 aromatic carbocycles. The first-order valence-corrected chi connectivity index (χ1v) is 8.28. The maximum atomic E-state index is 11.9. The molecule has 0 spiro atoms. The minimum absolute atomic E-state index is 0.0112. The zero-order valence-corrected chi connectivity index (χ0v) is 15.2. The number of benzene rings is 1. The van der Waals surface area contributed by atoms with E-state index in [4.69, 9.17) is 19.9 Å². The third-order valence-corrected chi connectivity index (χ3v) is 4.40. The van der Waals surface area contributed by atoms with E-state index in [0.29, 0.717) is 60.3 Å². The van der Waals surface area contributed by atoms with Crippen LogP contribution in [0.5, 0.6) is 11.5 Å². The van der Waals surface area contributed by atoms with Crippen molar-refractivity contribution in [1.29, 1.82) is 0 Å². The number of fused-ring (bicyclic) bond motifs is 1. The Hall–Kier alpha value is -2.81. The molecule has 1 amide bonds. The molecule has 1 saturated heterocycles. The molecule has 0 radical (unpaired) electrons. The highest BCUT2D eigenvalue weighted by molar-refractivity contribution is 5.91. The summed E-state index contributed by atoms with van der Waals surface area (Å²) >= 11 is 0. The van der Waals surface area contributed by atoms with Gasteiger partial charge in [0, 0.05) is 44.7 Å². The van der Waals surface area contributed by atoms with Crippen LogP contribution < -0.4 is 20.1 Å². The molecule has 9 nitrogen and oxygen atoms in total. The monoisotopic (exact) mass is 361 g/mol. The van der Waals surface area contributed by atoms with E-state index >= 15 is 0 Å². The van der Waals surface area contributed by atoms with E-state index in [2.05, 4.69) is 9.97 Å². The number of nitrogens with zero attached hydrogens (tertiary/aromatic N) is 4. The van der Waals surface area contributed by atoms with Gasteiger partial charge in [0.1, 0.15) is 12.4 Å². The first-order valence-electron chi connectivity index (χ1n) is 8.28. The van der Waals surface area contributed by atoms with Gasteiger partial charge in [0.25, 0.3) is 0 Å². The highest BCUT2D eigenvalue weighted by atomic mass is 16.5. The first kappa shape index (κ1) is 18.0. The minimum Gasteiger partial charge on any atom is -0.493 e. The zero-order chi connectivity index (χ0) is 18.7. The normalized spacial score (nSPS) is 14.6. The Morgan fingerprint density at radius 2 is 1.73 bits per heavy atom. The van der Waals surface area contributed by atoms with Crippen molar-refractivity contribution in [3.63, 3.8) is 0 Å². The van der Waals surface area contributed by atoms with Crippen LogP contribution in [0.15, 0.2) is 12.1 Å². The Labute approximate surface area is 151 Å². The van der Waals surface area contributed by atoms with E-state index in [9.17, 15) is 4.79 Å². The topological polar surface area (TPSA) is 103 Å². The number of hydrogen-bond donors (Lipinski definition) is 1. The number of amides is 1. The van der Waals surface area contributed by atoms with Crippen LogP contribution in [-0.2, 0) is 9.53 Å². The Bertz CT molecular complexity index is 805. The van der Waals surface area contributed by atoms with Crippen molar-refractivity contribution >= 4 is 28.6 Å². The molecule has 2 aromatic rings. The van der Waals surface area contributed by atoms with Crippen LogP contribution in [0.4, 0.5) is 11.8 Å². The SMILES string of the molecule is COCC(=O)N1CCN(c2nc(N)c3cc(OC)c(OC)cc3n2)CC1. The smallest absolute Gasteiger partial charge is 0.248 e. The lowest BCUT2D eigenvalue weighted by molar-refractivity contribution is -0.135. The molecule has 2 N–H and O–H groups in total. The van der Waals surface area contributed by atoms with Gasteiger partial charge in [0.2, 0.25) is 11.9 Å². The Morgan fingerprint density at radius 1 is 1.08 bits per heavy atom. The molecule has 9 heteroatoms. The lowest BCUT2D eigenvalue weighted by Gasteiger charge is -2.34. The van der Waals surface area contributed by atoms with Crippen LogP contribution in [0.3, 0.4) is 0 Å². The summed E-state index contributed by atoms with van der Waals surface area (Å²) in [6.07, 6.45) is 0. The Morgan fingerprint density at radius 3 is 2.35 bits per heavy atom. The molecule has 3 rings (SSSR count). The van der Waals surface area contributed by atoms with Crippen molar-refractivity contribution in [2.75, 3.05) is 64.7 Å². The van der Waals surface area contributed by atoms with Gasteiger partial charge < -0.3 is 29.7 Å². The van der Waals surface area contributed by atoms with Gasteiger partial charge in [0.05, 0.1) is 19.7 Å². The van der Waals surface area contributed by atoms with Crippen molar-refractivity contribution in [3.05, 3.63) is 12.1 Å². The average Bonchev–Trinajstić information content (AvgIpc) is 2.67. The number of piperazine rings is 1. The molecular formula is C17H23N5O4. The van der Waals surface area contributed by atoms with Crippen molar-refractivity contribution in [2.24, 2.45) is 0 Å². The molecule has 1 aliphatic rings. The minimum atomic E-state index is -0.0112. The number of anilines is 2. The second-order valence-corrected chi connectivity index (χ2v) is 5.93. The van der Waals surface area contributed by atoms with Gasteiger partial charge >= 0.3 is 0 Å². The third-order valence-electron chi connectivity index (χ3n) is 4.40. The van der Waals surface area contributed by atoms with E-state index in [1.165, 1.54) is 7.11 Å². The highest BCUT2D eigenvalue weighted by Crippen LogP contribution is 2.34. The van der Waals surface area contributed by atoms with Crippen molar-refractivity contribution in [3.8, 4) is 11.5 Å². The standard InChI is InChI=1S/C17H23N5O4/c1-24-10-15(23)21-4-6-22(7-5-21)17-19-12-9-14(26-3)13(25-2)8-11(12)16(18)20-17/h8-9H,4-7,10H2,1-3H3,(H2,18,19,20). The summed E-state index contributed by atoms with van der Waals surface area (Å²) in [7, 11) is 4.66. The van der Waals surface area contributed by atoms with Gasteiger partial charge in [-0.1, -0.05) is 0 Å². The molecule has 1 aliphatic heterocycles. The molecule has 26 heavy (non-hydrogen) atoms. The quantitative estimate of drug-likeness (QED) is 0.822. The summed E-state index contributed by atoms with van der Waals surface area (Å²) in [4.78, 5) is 24.8. The molecule has 0 aliphatic carbocycles. The van der Waals surface area contributed by atoms with Gasteiger partial charge in [-0.3, -0.25) is 4.79 Å². The average molecular weight is 361 g/mol. The number of ether oxygens (including phenoxy) is 3. The largest absolute Gasteiger partial charge is 0.493 e. The first-order chi connectivity index (χ1) is 12.6. The second kappa shape index (κ2) is 7.61. The van der Waals surface area contributed by atoms with Crippen LogP contribution in [0.1, 0.15) is 0 Å². The summed E-state index contributed by atoms with van der Waals surface area (Å²) < 4.78 is 15.5. The maximum Gasteiger partial charge on any atom is 0.248 e. The molecule has 0 unspecified atom stereocenters. The number of nitrogen functional groups attached to an aromatic ring is 1. The molecule has 0 saturated carbocycles. The van der Waals surface area contributed by atoms with E-state index in [1.807, 2.05) is 4.90 Å². The van der Waals surface area contributed by atoms with Crippen molar-refractivity contribution in [1.82, 2.24) is 14.9 Å². The lowest BCUT2D eigenvalue weighted by atomic mass is 10.2. The van der Waals surface area contributed by atoms with Gasteiger partial charge in [-0.25, -0.2) is 4.98 Å². The zero-order valence-electron chi connectivity index (χ0n) is 15.2. The van der Waals surface area contributed by atoms with E-state index in [0.717, 1.165) is 0 Å². The van der Waals surface area contributed by atoms with Crippen LogP contribution in [0.25, 0.3) is 10.9 Å². The van der Waals surface area contributed by atoms with Gasteiger partial charge in [0.15, 0.2) is 11.5 Å². The number of rotatable bonds is 5. The predicted molar refractivity (Wildman–Crippen MR) is 97.7 cm³/mol. The fraction of sp³-hybridized carbons (Fsp3) is 0.471. The van der Waals surface area contributed by atoms with Gasteiger partial charge in [-0.2, -0.15) is 4.98 Å². The number of nitrogens with two attached hydrogens (primary N) is 1. The number of methoxy groups -OCH3 is 3. The van der Waals surface area contributed by atoms with Crippen LogP contribution in [0.2, 0.25) is 0 Å². The van der Waals surface area contributed by atoms with E-state index < -0.39 is 0 Å². The highest BCUT2D eigenvalue weighted by Gasteiger charge is 2.23. The number of carbonyl (C=O) groups is 1. The second-order valence-electron chi connectivity index (χ2n) is 5.93. The van der Waals surface area contributed by atoms with Crippen molar-refractivity contribution in [2.45, 2.75) is 0 Å². The van der Waals surface area contributed by atoms with E-state index in [-0.39, 0.29) is 12.5 Å². The summed E-state index contributed by atoms with van der Waals surface area (Å²) in [5, 5.41) is 0.709.